The SMILES string of the molecule is CCNC(=NCc1cccc(OC)c1)NCCc1ccc(S(C)(=O)=O)cc1. The molecule has 0 aliphatic carbocycles. The predicted octanol–water partition coefficient (Wildman–Crippen LogP) is 2.40. The third-order valence-electron chi connectivity index (χ3n) is 3.96. The van der Waals surface area contributed by atoms with E-state index >= 15 is 0 Å². The van der Waals surface area contributed by atoms with E-state index in [1.54, 1.807) is 19.2 Å². The topological polar surface area (TPSA) is 79.8 Å². The molecule has 0 radical (unpaired) electrons. The van der Waals surface area contributed by atoms with E-state index < -0.39 is 9.84 Å². The van der Waals surface area contributed by atoms with Gasteiger partial charge in [0.25, 0.3) is 0 Å². The van der Waals surface area contributed by atoms with Crippen molar-refractivity contribution in [3.05, 3.63) is 59.7 Å². The van der Waals surface area contributed by atoms with Crippen molar-refractivity contribution in [2.75, 3.05) is 26.5 Å². The molecule has 7 heteroatoms. The second kappa shape index (κ2) is 9.97. The standard InChI is InChI=1S/C20H27N3O3S/c1-4-21-20(23-15-17-6-5-7-18(14-17)26-2)22-13-12-16-8-10-19(11-9-16)27(3,24)25/h5-11,14H,4,12-13,15H2,1-3H3,(H2,21,22,23). The van der Waals surface area contributed by atoms with Gasteiger partial charge >= 0.3 is 0 Å². The van der Waals surface area contributed by atoms with E-state index in [0.717, 1.165) is 35.8 Å². The summed E-state index contributed by atoms with van der Waals surface area (Å²) in [6, 6.07) is 14.8. The van der Waals surface area contributed by atoms with Crippen molar-refractivity contribution in [1.29, 1.82) is 0 Å². The second-order valence-electron chi connectivity index (χ2n) is 6.14. The molecule has 0 amide bonds. The molecule has 0 saturated carbocycles. The minimum Gasteiger partial charge on any atom is -0.497 e. The van der Waals surface area contributed by atoms with Crippen LogP contribution in [0, 0.1) is 0 Å². The van der Waals surface area contributed by atoms with Crippen molar-refractivity contribution in [2.24, 2.45) is 4.99 Å². The molecule has 0 spiro atoms. The lowest BCUT2D eigenvalue weighted by Gasteiger charge is -2.12. The molecular weight excluding hydrogens is 362 g/mol. The molecule has 2 rings (SSSR count). The number of benzene rings is 2. The van der Waals surface area contributed by atoms with Crippen LogP contribution in [0.3, 0.4) is 0 Å². The van der Waals surface area contributed by atoms with E-state index in [1.807, 2.05) is 43.3 Å². The number of ether oxygens (including phenoxy) is 1. The quantitative estimate of drug-likeness (QED) is 0.535. The summed E-state index contributed by atoms with van der Waals surface area (Å²) in [4.78, 5) is 4.94. The Balaban J connectivity index is 1.91. The summed E-state index contributed by atoms with van der Waals surface area (Å²) in [6.07, 6.45) is 1.98. The summed E-state index contributed by atoms with van der Waals surface area (Å²) in [6.45, 7) is 4.04. The van der Waals surface area contributed by atoms with Crippen LogP contribution in [-0.2, 0) is 22.8 Å². The lowest BCUT2D eigenvalue weighted by atomic mass is 10.1. The number of rotatable bonds is 8. The fraction of sp³-hybridized carbons (Fsp3) is 0.350. The van der Waals surface area contributed by atoms with Crippen LogP contribution in [-0.4, -0.2) is 40.8 Å². The first-order chi connectivity index (χ1) is 12.9. The van der Waals surface area contributed by atoms with Crippen LogP contribution in [0.4, 0.5) is 0 Å². The summed E-state index contributed by atoms with van der Waals surface area (Å²) < 4.78 is 28.2. The van der Waals surface area contributed by atoms with E-state index in [1.165, 1.54) is 6.26 Å². The van der Waals surface area contributed by atoms with E-state index in [4.69, 9.17) is 4.74 Å². The molecule has 0 aliphatic rings. The molecule has 0 heterocycles. The maximum atomic E-state index is 11.5. The minimum absolute atomic E-state index is 0.340. The fourth-order valence-electron chi connectivity index (χ4n) is 2.51. The van der Waals surface area contributed by atoms with Gasteiger partial charge in [-0.25, -0.2) is 13.4 Å². The molecule has 0 atom stereocenters. The maximum absolute atomic E-state index is 11.5. The van der Waals surface area contributed by atoms with Gasteiger partial charge in [0.05, 0.1) is 18.6 Å². The van der Waals surface area contributed by atoms with E-state index in [-0.39, 0.29) is 0 Å². The van der Waals surface area contributed by atoms with Gasteiger partial charge in [0.1, 0.15) is 5.75 Å². The van der Waals surface area contributed by atoms with Crippen LogP contribution in [0.25, 0.3) is 0 Å². The zero-order valence-corrected chi connectivity index (χ0v) is 16.8. The molecule has 146 valence electrons. The minimum atomic E-state index is -3.15. The first-order valence-corrected chi connectivity index (χ1v) is 10.8. The maximum Gasteiger partial charge on any atom is 0.191 e. The Morgan fingerprint density at radius 2 is 1.81 bits per heavy atom. The van der Waals surface area contributed by atoms with Gasteiger partial charge in [-0.05, 0) is 48.7 Å². The predicted molar refractivity (Wildman–Crippen MR) is 109 cm³/mol. The van der Waals surface area contributed by atoms with Gasteiger partial charge in [0, 0.05) is 19.3 Å². The average Bonchev–Trinajstić information content (AvgIpc) is 2.66. The third kappa shape index (κ3) is 6.94. The molecule has 2 N–H and O–H groups in total. The van der Waals surface area contributed by atoms with Gasteiger partial charge in [0.2, 0.25) is 0 Å². The first-order valence-electron chi connectivity index (χ1n) is 8.86. The Morgan fingerprint density at radius 1 is 1.07 bits per heavy atom. The number of nitrogens with zero attached hydrogens (tertiary/aromatic N) is 1. The molecule has 0 fully saturated rings. The zero-order chi connectivity index (χ0) is 19.7. The summed E-state index contributed by atoms with van der Waals surface area (Å²) in [5.41, 5.74) is 2.14. The van der Waals surface area contributed by atoms with E-state index in [2.05, 4.69) is 15.6 Å². The number of aliphatic imine (C=N–C) groups is 1. The van der Waals surface area contributed by atoms with Crippen molar-refractivity contribution in [1.82, 2.24) is 10.6 Å². The van der Waals surface area contributed by atoms with Crippen LogP contribution in [0.15, 0.2) is 58.4 Å². The largest absolute Gasteiger partial charge is 0.497 e. The van der Waals surface area contributed by atoms with Crippen molar-refractivity contribution in [2.45, 2.75) is 24.8 Å². The number of sulfone groups is 1. The molecule has 2 aromatic rings. The third-order valence-corrected chi connectivity index (χ3v) is 5.08. The Kier molecular flexibility index (Phi) is 7.67. The Morgan fingerprint density at radius 3 is 2.44 bits per heavy atom. The second-order valence-corrected chi connectivity index (χ2v) is 8.16. The number of methoxy groups -OCH3 is 1. The Bertz CT molecular complexity index is 862. The number of nitrogens with one attached hydrogen (secondary N) is 2. The van der Waals surface area contributed by atoms with Crippen LogP contribution in [0.1, 0.15) is 18.1 Å². The summed E-state index contributed by atoms with van der Waals surface area (Å²) in [5.74, 6) is 1.56. The molecule has 0 aromatic heterocycles. The molecule has 27 heavy (non-hydrogen) atoms. The highest BCUT2D eigenvalue weighted by molar-refractivity contribution is 7.90. The van der Waals surface area contributed by atoms with Crippen LogP contribution < -0.4 is 15.4 Å². The van der Waals surface area contributed by atoms with Crippen LogP contribution >= 0.6 is 0 Å². The van der Waals surface area contributed by atoms with Gasteiger partial charge in [0.15, 0.2) is 15.8 Å². The molecule has 2 aromatic carbocycles. The molecular formula is C20H27N3O3S. The lowest BCUT2D eigenvalue weighted by Crippen LogP contribution is -2.38. The summed E-state index contributed by atoms with van der Waals surface area (Å²) in [7, 11) is -1.50. The van der Waals surface area contributed by atoms with Crippen LogP contribution in [0.2, 0.25) is 0 Å². The van der Waals surface area contributed by atoms with Crippen molar-refractivity contribution in [3.63, 3.8) is 0 Å². The monoisotopic (exact) mass is 389 g/mol. The summed E-state index contributed by atoms with van der Waals surface area (Å²) in [5, 5.41) is 6.53. The lowest BCUT2D eigenvalue weighted by molar-refractivity contribution is 0.414. The molecule has 0 bridgehead atoms. The highest BCUT2D eigenvalue weighted by Crippen LogP contribution is 2.13. The highest BCUT2D eigenvalue weighted by atomic mass is 32.2. The molecule has 6 nitrogen and oxygen atoms in total. The van der Waals surface area contributed by atoms with E-state index in [9.17, 15) is 8.42 Å². The normalized spacial score (nSPS) is 11.9. The fourth-order valence-corrected chi connectivity index (χ4v) is 3.14. The zero-order valence-electron chi connectivity index (χ0n) is 16.0. The van der Waals surface area contributed by atoms with Gasteiger partial charge in [-0.3, -0.25) is 0 Å². The van der Waals surface area contributed by atoms with Crippen molar-refractivity contribution < 1.29 is 13.2 Å². The highest BCUT2D eigenvalue weighted by Gasteiger charge is 2.06. The van der Waals surface area contributed by atoms with Gasteiger partial charge in [-0.1, -0.05) is 24.3 Å². The van der Waals surface area contributed by atoms with Crippen molar-refractivity contribution >= 4 is 15.8 Å². The first kappa shape index (κ1) is 20.8. The van der Waals surface area contributed by atoms with E-state index in [0.29, 0.717) is 18.0 Å². The van der Waals surface area contributed by atoms with Gasteiger partial charge in [-0.15, -0.1) is 0 Å². The number of guanidine groups is 1. The molecule has 0 aliphatic heterocycles. The Labute approximate surface area is 161 Å². The molecule has 0 saturated heterocycles. The number of hydrogen-bond acceptors (Lipinski definition) is 4. The number of hydrogen-bond donors (Lipinski definition) is 2. The molecule has 0 unspecified atom stereocenters. The van der Waals surface area contributed by atoms with Gasteiger partial charge in [-0.2, -0.15) is 0 Å². The Hall–Kier alpha value is -2.54. The van der Waals surface area contributed by atoms with Crippen molar-refractivity contribution in [3.8, 4) is 5.75 Å². The smallest absolute Gasteiger partial charge is 0.191 e. The average molecular weight is 390 g/mol. The van der Waals surface area contributed by atoms with Gasteiger partial charge < -0.3 is 15.4 Å². The summed E-state index contributed by atoms with van der Waals surface area (Å²) >= 11 is 0. The van der Waals surface area contributed by atoms with Crippen LogP contribution in [0.5, 0.6) is 5.75 Å².